The number of halogens is 2. The third-order valence-electron chi connectivity index (χ3n) is 12.5. The number of pyridine rings is 2. The number of imide groups is 1. The van der Waals surface area contributed by atoms with Crippen molar-refractivity contribution >= 4 is 79.3 Å². The molecule has 2 N–H and O–H groups in total. The predicted octanol–water partition coefficient (Wildman–Crippen LogP) is 10.7. The normalized spacial score (nSPS) is 18.5. The summed E-state index contributed by atoms with van der Waals surface area (Å²) in [5.41, 5.74) is 3.76. The van der Waals surface area contributed by atoms with Crippen molar-refractivity contribution in [3.8, 4) is 34.3 Å². The minimum absolute atomic E-state index is 0.119. The molecule has 2 fully saturated rings. The molecule has 2 saturated heterocycles. The molecule has 3 atom stereocenters. The number of methoxy groups -OCH3 is 2. The molecule has 0 aliphatic carbocycles. The van der Waals surface area contributed by atoms with Crippen molar-refractivity contribution in [3.63, 3.8) is 0 Å². The number of benzene rings is 4. The molecule has 64 heavy (non-hydrogen) atoms. The van der Waals surface area contributed by atoms with Gasteiger partial charge in [0.2, 0.25) is 5.89 Å². The molecule has 14 nitrogen and oxygen atoms in total. The number of fused-ring (bicyclic) bond motifs is 3. The van der Waals surface area contributed by atoms with Gasteiger partial charge in [0.1, 0.15) is 39.4 Å². The Bertz CT molecular complexity index is 3190. The zero-order chi connectivity index (χ0) is 44.3. The van der Waals surface area contributed by atoms with Gasteiger partial charge in [-0.2, -0.15) is 4.48 Å². The van der Waals surface area contributed by atoms with E-state index < -0.39 is 16.4 Å². The van der Waals surface area contributed by atoms with Gasteiger partial charge in [-0.25, -0.2) is 29.5 Å². The predicted molar refractivity (Wildman–Crippen MR) is 244 cm³/mol. The number of hydrogen-bond donors (Lipinski definition) is 2. The average molecular weight is 897 g/mol. The number of rotatable bonds is 8. The van der Waals surface area contributed by atoms with Crippen LogP contribution in [0.3, 0.4) is 0 Å². The summed E-state index contributed by atoms with van der Waals surface area (Å²) >= 11 is 12.9. The third kappa shape index (κ3) is 6.98. The van der Waals surface area contributed by atoms with Crippen LogP contribution in [0, 0.1) is 0 Å². The van der Waals surface area contributed by atoms with E-state index in [0.717, 1.165) is 34.8 Å². The van der Waals surface area contributed by atoms with Gasteiger partial charge in [-0.3, -0.25) is 10.1 Å². The molecule has 0 bridgehead atoms. The third-order valence-corrected chi connectivity index (χ3v) is 12.9. The number of urea groups is 1. The Labute approximate surface area is 376 Å². The van der Waals surface area contributed by atoms with Crippen LogP contribution in [-0.4, -0.2) is 85.5 Å². The van der Waals surface area contributed by atoms with Crippen molar-refractivity contribution in [1.82, 2.24) is 29.8 Å². The highest BCUT2D eigenvalue weighted by atomic mass is 35.5. The van der Waals surface area contributed by atoms with E-state index in [1.54, 1.807) is 73.8 Å². The van der Waals surface area contributed by atoms with E-state index in [4.69, 9.17) is 42.1 Å². The Kier molecular flexibility index (Phi) is 10.5. The highest BCUT2D eigenvalue weighted by molar-refractivity contribution is 6.31. The number of hydrogen-bond acceptors (Lipinski definition) is 10. The number of amides is 4. The lowest BCUT2D eigenvalue weighted by molar-refractivity contribution is -0.775. The summed E-state index contributed by atoms with van der Waals surface area (Å²) in [5, 5.41) is 5.94. The smallest absolute Gasteiger partial charge is 0.429 e. The molecule has 2 aliphatic heterocycles. The maximum atomic E-state index is 14.6. The number of likely N-dealkylation sites (tertiary alicyclic amines) is 2. The van der Waals surface area contributed by atoms with Crippen molar-refractivity contribution in [3.05, 3.63) is 125 Å². The van der Waals surface area contributed by atoms with E-state index in [1.165, 1.54) is 0 Å². The van der Waals surface area contributed by atoms with Crippen molar-refractivity contribution < 1.29 is 32.8 Å². The maximum Gasteiger partial charge on any atom is 0.429 e. The van der Waals surface area contributed by atoms with Crippen LogP contribution in [-0.2, 0) is 0 Å². The number of quaternary nitrogens is 1. The fraction of sp³-hybridized carbons (Fsp3) is 0.229. The number of oxazole rings is 1. The van der Waals surface area contributed by atoms with E-state index in [0.29, 0.717) is 82.3 Å². The molecule has 2 aliphatic rings. The zero-order valence-electron chi connectivity index (χ0n) is 35.0. The molecule has 0 spiro atoms. The molecular weight excluding hydrogens is 855 g/mol. The molecule has 16 heteroatoms. The minimum atomic E-state index is -0.467. The zero-order valence-corrected chi connectivity index (χ0v) is 36.5. The van der Waals surface area contributed by atoms with Gasteiger partial charge in [0.05, 0.1) is 44.0 Å². The lowest BCUT2D eigenvalue weighted by atomic mass is 10.1. The summed E-state index contributed by atoms with van der Waals surface area (Å²) in [6.45, 7) is 2.76. The van der Waals surface area contributed by atoms with E-state index in [2.05, 4.69) is 25.3 Å². The minimum Gasteiger partial charge on any atom is -0.496 e. The second-order valence-corrected chi connectivity index (χ2v) is 16.9. The number of aromatic amines is 1. The molecule has 10 rings (SSSR count). The first-order valence-corrected chi connectivity index (χ1v) is 21.7. The van der Waals surface area contributed by atoms with Crippen LogP contribution < -0.4 is 14.8 Å². The standard InChI is InChI=1S/C48H40Cl2N8O6/c1-26-9-8-20-58(26,47(60)43-31-13-6-16-38(63-3)33(31)24-41(50)56-43)48(61)52-29-11-4-10-28(21-29)45-51-25-39(64-45)27-17-18-34-35(22-27)54-44(53-34)36-14-7-19-57(36)46(59)42-30-12-5-15-37(62-2)32(30)23-40(49)55-42/h4-6,10-13,15-18,21-26,36H,7-9,14,19-20H2,1-3H3,(H-,52,53,54,61)/p+1/t26-,36+,58?/m1/s1. The first kappa shape index (κ1) is 41.2. The number of ether oxygens (including phenoxy) is 2. The van der Waals surface area contributed by atoms with Gasteiger partial charge < -0.3 is 23.8 Å². The molecule has 6 heterocycles. The number of imidazole rings is 1. The topological polar surface area (TPSA) is 165 Å². The molecule has 0 radical (unpaired) electrons. The fourth-order valence-corrected chi connectivity index (χ4v) is 9.73. The number of nitrogens with zero attached hydrogens (tertiary/aromatic N) is 6. The van der Waals surface area contributed by atoms with Gasteiger partial charge in [0.15, 0.2) is 11.5 Å². The van der Waals surface area contributed by atoms with Crippen LogP contribution in [0.2, 0.25) is 10.3 Å². The van der Waals surface area contributed by atoms with Gasteiger partial charge in [0, 0.05) is 57.7 Å². The Morgan fingerprint density at radius 3 is 2.20 bits per heavy atom. The molecule has 4 amide bonds. The first-order valence-electron chi connectivity index (χ1n) is 20.9. The number of aromatic nitrogens is 5. The molecular formula is C48H41Cl2N8O6+. The number of carbonyl (C=O) groups excluding carboxylic acids is 3. The summed E-state index contributed by atoms with van der Waals surface area (Å²) in [6.07, 6.45) is 4.54. The lowest BCUT2D eigenvalue weighted by Crippen LogP contribution is -2.61. The SMILES string of the molecule is COc1cccc2c(C(=O)N3CCC[C@H]3c3nc4ccc(-c5cnc(-c6cccc(NC(=O)[N+]7(C(=O)c8nc(Cl)cc9c(OC)cccc89)CCC[C@H]7C)c6)o5)cc4[nH]3)nc(Cl)cc12. The number of carbonyl (C=O) groups is 3. The molecule has 8 aromatic rings. The van der Waals surface area contributed by atoms with Crippen molar-refractivity contribution in [2.24, 2.45) is 0 Å². The summed E-state index contributed by atoms with van der Waals surface area (Å²) in [4.78, 5) is 66.8. The van der Waals surface area contributed by atoms with E-state index in [1.807, 2.05) is 49.4 Å². The highest BCUT2D eigenvalue weighted by Crippen LogP contribution is 2.39. The van der Waals surface area contributed by atoms with Crippen molar-refractivity contribution in [2.45, 2.75) is 44.7 Å². The lowest BCUT2D eigenvalue weighted by Gasteiger charge is -2.32. The van der Waals surface area contributed by atoms with Crippen molar-refractivity contribution in [2.75, 3.05) is 32.6 Å². The Morgan fingerprint density at radius 1 is 0.797 bits per heavy atom. The van der Waals surface area contributed by atoms with Crippen LogP contribution in [0.4, 0.5) is 10.5 Å². The first-order chi connectivity index (χ1) is 31.1. The van der Waals surface area contributed by atoms with Crippen LogP contribution in [0.5, 0.6) is 11.5 Å². The average Bonchev–Trinajstić information content (AvgIpc) is 4.14. The summed E-state index contributed by atoms with van der Waals surface area (Å²) in [6, 6.07) is 26.1. The molecule has 322 valence electrons. The van der Waals surface area contributed by atoms with E-state index in [-0.39, 0.29) is 39.7 Å². The second kappa shape index (κ2) is 16.4. The molecule has 1 unspecified atom stereocenters. The largest absolute Gasteiger partial charge is 0.496 e. The molecule has 4 aromatic heterocycles. The van der Waals surface area contributed by atoms with Gasteiger partial charge in [-0.05, 0) is 80.4 Å². The van der Waals surface area contributed by atoms with Crippen LogP contribution >= 0.6 is 23.2 Å². The quantitative estimate of drug-likeness (QED) is 0.111. The summed E-state index contributed by atoms with van der Waals surface area (Å²) in [7, 11) is 3.13. The monoisotopic (exact) mass is 895 g/mol. The van der Waals surface area contributed by atoms with Crippen LogP contribution in [0.25, 0.3) is 55.4 Å². The Morgan fingerprint density at radius 2 is 1.50 bits per heavy atom. The Hall–Kier alpha value is -6.87. The Balaban J connectivity index is 0.888. The number of nitrogens with one attached hydrogen (secondary N) is 2. The van der Waals surface area contributed by atoms with Gasteiger partial charge >= 0.3 is 11.9 Å². The van der Waals surface area contributed by atoms with Gasteiger partial charge in [0.25, 0.3) is 5.91 Å². The van der Waals surface area contributed by atoms with Gasteiger partial charge in [-0.15, -0.1) is 0 Å². The van der Waals surface area contributed by atoms with Gasteiger partial charge in [-0.1, -0.05) is 53.5 Å². The van der Waals surface area contributed by atoms with Crippen LogP contribution in [0.1, 0.15) is 65.5 Å². The van der Waals surface area contributed by atoms with Crippen LogP contribution in [0.15, 0.2) is 102 Å². The van der Waals surface area contributed by atoms with E-state index >= 15 is 0 Å². The maximum absolute atomic E-state index is 14.6. The summed E-state index contributed by atoms with van der Waals surface area (Å²) < 4.78 is 16.9. The van der Waals surface area contributed by atoms with Crippen molar-refractivity contribution in [1.29, 1.82) is 0 Å². The highest BCUT2D eigenvalue weighted by Gasteiger charge is 2.54. The number of anilines is 1. The molecule has 0 saturated carbocycles. The summed E-state index contributed by atoms with van der Waals surface area (Å²) in [5.74, 6) is 2.03. The molecule has 4 aromatic carbocycles. The van der Waals surface area contributed by atoms with E-state index in [9.17, 15) is 14.4 Å². The fourth-order valence-electron chi connectivity index (χ4n) is 9.34. The number of H-pyrrole nitrogens is 1. The second-order valence-electron chi connectivity index (χ2n) is 16.1.